The van der Waals surface area contributed by atoms with Gasteiger partial charge in [0.1, 0.15) is 36.0 Å². The number of aliphatic carboxylic acids is 2. The Kier molecular flexibility index (Phi) is 19.3. The topological polar surface area (TPSA) is 287 Å². The summed E-state index contributed by atoms with van der Waals surface area (Å²) < 4.78 is 0. The van der Waals surface area contributed by atoms with Crippen molar-refractivity contribution in [2.45, 2.75) is 116 Å². The highest BCUT2D eigenvalue weighted by atomic mass is 16.4. The summed E-state index contributed by atoms with van der Waals surface area (Å²) in [6, 6.07) is -2.33. The molecule has 11 N–H and O–H groups in total. The van der Waals surface area contributed by atoms with Crippen LogP contribution in [-0.2, 0) is 40.0 Å². The quantitative estimate of drug-likeness (QED) is 0.0697. The maximum atomic E-state index is 13.7. The Bertz CT molecular complexity index is 1370. The SMILES string of the molecule is CC(C)C[C@H](NC(=O)[C@H](CO)NC(=O)[C@H](Cc1ccc(O)cc1)NC(=O)[C@H](CCC(=O)O)NC(=O)[C@H](CC(C)C)NC(=O)[C@@H](N)CC(C)C)C(=O)O. The number of carbonyl (C=O) groups is 7. The first-order valence-corrected chi connectivity index (χ1v) is 17.3. The van der Waals surface area contributed by atoms with Gasteiger partial charge < -0.3 is 52.7 Å². The van der Waals surface area contributed by atoms with E-state index in [0.717, 1.165) is 0 Å². The maximum absolute atomic E-state index is 13.7. The molecular weight excluding hydrogens is 680 g/mol. The fourth-order valence-electron chi connectivity index (χ4n) is 5.19. The summed E-state index contributed by atoms with van der Waals surface area (Å²) in [7, 11) is 0. The molecule has 292 valence electrons. The number of benzene rings is 1. The Morgan fingerprint density at radius 1 is 0.596 bits per heavy atom. The van der Waals surface area contributed by atoms with Crippen molar-refractivity contribution < 1.29 is 54.0 Å². The number of nitrogens with one attached hydrogen (secondary N) is 5. The zero-order chi connectivity index (χ0) is 39.7. The van der Waals surface area contributed by atoms with Gasteiger partial charge in [-0.05, 0) is 61.1 Å². The summed E-state index contributed by atoms with van der Waals surface area (Å²) in [4.78, 5) is 89.8. The van der Waals surface area contributed by atoms with Crippen molar-refractivity contribution in [1.29, 1.82) is 0 Å². The van der Waals surface area contributed by atoms with Crippen LogP contribution in [0.1, 0.15) is 79.2 Å². The van der Waals surface area contributed by atoms with Gasteiger partial charge in [-0.25, -0.2) is 4.79 Å². The number of aliphatic hydroxyl groups is 1. The predicted octanol–water partition coefficient (Wildman–Crippen LogP) is -0.234. The Morgan fingerprint density at radius 2 is 1.02 bits per heavy atom. The van der Waals surface area contributed by atoms with Gasteiger partial charge in [0.25, 0.3) is 0 Å². The minimum absolute atomic E-state index is 0.0720. The zero-order valence-corrected chi connectivity index (χ0v) is 30.7. The van der Waals surface area contributed by atoms with Crippen LogP contribution in [-0.4, -0.2) is 105 Å². The summed E-state index contributed by atoms with van der Waals surface area (Å²) in [5.74, 6) is -7.05. The Balaban J connectivity index is 3.37. The number of phenolic OH excluding ortho intramolecular Hbond substituents is 1. The first kappa shape index (κ1) is 45.3. The molecule has 1 aromatic rings. The van der Waals surface area contributed by atoms with Crippen LogP contribution < -0.4 is 32.3 Å². The molecule has 0 spiro atoms. The number of amides is 5. The third-order valence-corrected chi connectivity index (χ3v) is 7.83. The Morgan fingerprint density at radius 3 is 1.52 bits per heavy atom. The molecule has 0 heterocycles. The lowest BCUT2D eigenvalue weighted by Crippen LogP contribution is -2.60. The molecule has 0 unspecified atom stereocenters. The minimum Gasteiger partial charge on any atom is -0.508 e. The van der Waals surface area contributed by atoms with Gasteiger partial charge in [0.2, 0.25) is 29.5 Å². The lowest BCUT2D eigenvalue weighted by Gasteiger charge is -2.27. The van der Waals surface area contributed by atoms with Crippen molar-refractivity contribution in [3.8, 4) is 5.75 Å². The third-order valence-electron chi connectivity index (χ3n) is 7.83. The van der Waals surface area contributed by atoms with Crippen molar-refractivity contribution in [2.24, 2.45) is 23.5 Å². The lowest BCUT2D eigenvalue weighted by atomic mass is 9.99. The van der Waals surface area contributed by atoms with Crippen molar-refractivity contribution in [3.05, 3.63) is 29.8 Å². The van der Waals surface area contributed by atoms with Crippen LogP contribution in [0.3, 0.4) is 0 Å². The molecule has 0 fully saturated rings. The van der Waals surface area contributed by atoms with Crippen LogP contribution in [0.25, 0.3) is 0 Å². The molecule has 6 atom stereocenters. The number of carboxylic acids is 2. The second-order valence-electron chi connectivity index (χ2n) is 14.1. The van der Waals surface area contributed by atoms with E-state index in [-0.39, 0.29) is 42.8 Å². The molecular formula is C35H56N6O11. The Hall–Kier alpha value is -4.77. The summed E-state index contributed by atoms with van der Waals surface area (Å²) in [6.45, 7) is 9.97. The number of nitrogens with two attached hydrogens (primary N) is 1. The molecule has 5 amide bonds. The summed E-state index contributed by atoms with van der Waals surface area (Å²) in [6.07, 6.45) is -0.585. The number of carbonyl (C=O) groups excluding carboxylic acids is 5. The normalized spacial score (nSPS) is 14.8. The number of aliphatic hydroxyl groups excluding tert-OH is 1. The minimum atomic E-state index is -1.62. The van der Waals surface area contributed by atoms with E-state index in [2.05, 4.69) is 26.6 Å². The first-order valence-electron chi connectivity index (χ1n) is 17.3. The molecule has 0 aliphatic carbocycles. The van der Waals surface area contributed by atoms with E-state index in [4.69, 9.17) is 5.73 Å². The van der Waals surface area contributed by atoms with Gasteiger partial charge in [-0.15, -0.1) is 0 Å². The molecule has 0 bridgehead atoms. The van der Waals surface area contributed by atoms with E-state index in [1.807, 2.05) is 27.7 Å². The molecule has 1 rings (SSSR count). The van der Waals surface area contributed by atoms with E-state index >= 15 is 0 Å². The molecule has 0 aromatic heterocycles. The van der Waals surface area contributed by atoms with Crippen LogP contribution in [0, 0.1) is 17.8 Å². The monoisotopic (exact) mass is 736 g/mol. The number of rotatable bonds is 23. The van der Waals surface area contributed by atoms with Crippen molar-refractivity contribution in [1.82, 2.24) is 26.6 Å². The second kappa shape index (κ2) is 22.2. The molecule has 0 aliphatic rings. The molecule has 0 radical (unpaired) electrons. The number of hydrogen-bond acceptors (Lipinski definition) is 10. The average Bonchev–Trinajstić information content (AvgIpc) is 3.04. The molecule has 0 aliphatic heterocycles. The van der Waals surface area contributed by atoms with Gasteiger partial charge in [-0.2, -0.15) is 0 Å². The van der Waals surface area contributed by atoms with E-state index in [0.29, 0.717) is 12.0 Å². The summed E-state index contributed by atoms with van der Waals surface area (Å²) in [5, 5.41) is 50.8. The smallest absolute Gasteiger partial charge is 0.326 e. The Labute approximate surface area is 303 Å². The third kappa shape index (κ3) is 17.0. The highest BCUT2D eigenvalue weighted by Gasteiger charge is 2.33. The first-order chi connectivity index (χ1) is 24.2. The van der Waals surface area contributed by atoms with Gasteiger partial charge in [0, 0.05) is 12.8 Å². The van der Waals surface area contributed by atoms with E-state index in [1.165, 1.54) is 24.3 Å². The molecule has 1 aromatic carbocycles. The van der Waals surface area contributed by atoms with E-state index in [1.54, 1.807) is 13.8 Å². The maximum Gasteiger partial charge on any atom is 0.326 e. The van der Waals surface area contributed by atoms with Crippen molar-refractivity contribution in [3.63, 3.8) is 0 Å². The summed E-state index contributed by atoms with van der Waals surface area (Å²) in [5.41, 5.74) is 6.45. The molecule has 0 saturated carbocycles. The zero-order valence-electron chi connectivity index (χ0n) is 30.7. The lowest BCUT2D eigenvalue weighted by molar-refractivity contribution is -0.143. The predicted molar refractivity (Wildman–Crippen MR) is 189 cm³/mol. The highest BCUT2D eigenvalue weighted by Crippen LogP contribution is 2.13. The molecule has 17 heteroatoms. The number of carboxylic acid groups (broad SMARTS) is 2. The van der Waals surface area contributed by atoms with Crippen LogP contribution >= 0.6 is 0 Å². The van der Waals surface area contributed by atoms with Gasteiger partial charge in [0.15, 0.2) is 0 Å². The van der Waals surface area contributed by atoms with Gasteiger partial charge in [0.05, 0.1) is 12.6 Å². The number of aromatic hydroxyl groups is 1. The average molecular weight is 737 g/mol. The van der Waals surface area contributed by atoms with Crippen LogP contribution in [0.15, 0.2) is 24.3 Å². The molecule has 17 nitrogen and oxygen atoms in total. The van der Waals surface area contributed by atoms with Gasteiger partial charge >= 0.3 is 11.9 Å². The van der Waals surface area contributed by atoms with E-state index < -0.39 is 97.2 Å². The standard InChI is InChI=1S/C35H56N6O11/c1-18(2)13-23(36)30(46)38-25(14-19(3)4)32(48)37-24(11-12-29(44)45)31(47)39-26(16-21-7-9-22(43)10-8-21)33(49)41-28(17-42)34(50)40-27(35(51)52)15-20(5)6/h7-10,18-20,23-28,42-43H,11-17,36H2,1-6H3,(H,37,48)(H,38,46)(H,39,47)(H,40,50)(H,41,49)(H,44,45)(H,51,52)/t23-,24-,25-,26-,27-,28-/m0/s1. The van der Waals surface area contributed by atoms with Crippen molar-refractivity contribution >= 4 is 41.5 Å². The second-order valence-corrected chi connectivity index (χ2v) is 14.1. The molecule has 52 heavy (non-hydrogen) atoms. The highest BCUT2D eigenvalue weighted by molar-refractivity contribution is 5.96. The van der Waals surface area contributed by atoms with Crippen LogP contribution in [0.5, 0.6) is 5.75 Å². The van der Waals surface area contributed by atoms with Crippen LogP contribution in [0.2, 0.25) is 0 Å². The van der Waals surface area contributed by atoms with E-state index in [9.17, 15) is 54.0 Å². The van der Waals surface area contributed by atoms with Crippen LogP contribution in [0.4, 0.5) is 0 Å². The summed E-state index contributed by atoms with van der Waals surface area (Å²) >= 11 is 0. The van der Waals surface area contributed by atoms with Gasteiger partial charge in [-0.1, -0.05) is 53.7 Å². The molecule has 0 saturated heterocycles. The fraction of sp³-hybridized carbons (Fsp3) is 0.629. The van der Waals surface area contributed by atoms with Gasteiger partial charge in [-0.3, -0.25) is 28.8 Å². The number of phenols is 1. The largest absolute Gasteiger partial charge is 0.508 e. The van der Waals surface area contributed by atoms with Crippen molar-refractivity contribution in [2.75, 3.05) is 6.61 Å². The fourth-order valence-corrected chi connectivity index (χ4v) is 5.19. The number of hydrogen-bond donors (Lipinski definition) is 10.